The zero-order valence-electron chi connectivity index (χ0n) is 20.7. The molecule has 2 aromatic rings. The molecule has 0 saturated carbocycles. The molecule has 35 heavy (non-hydrogen) atoms. The number of aryl methyl sites for hydroxylation is 1. The Bertz CT molecular complexity index is 1240. The Kier molecular flexibility index (Phi) is 7.59. The molecule has 7 nitrogen and oxygen atoms in total. The van der Waals surface area contributed by atoms with Crippen LogP contribution in [0, 0.1) is 19.8 Å². The van der Waals surface area contributed by atoms with Crippen LogP contribution in [0.3, 0.4) is 0 Å². The maximum atomic E-state index is 13.4. The van der Waals surface area contributed by atoms with Crippen LogP contribution in [0.5, 0.6) is 0 Å². The lowest BCUT2D eigenvalue weighted by molar-refractivity contribution is -0.121. The smallest absolute Gasteiger partial charge is 0.244 e. The molecule has 2 aromatic carbocycles. The first-order valence-corrected chi connectivity index (χ1v) is 14.4. The number of amides is 2. The van der Waals surface area contributed by atoms with Gasteiger partial charge >= 0.3 is 0 Å². The first-order valence-electron chi connectivity index (χ1n) is 12.0. The predicted molar refractivity (Wildman–Crippen MR) is 140 cm³/mol. The molecule has 2 amide bonds. The highest BCUT2D eigenvalue weighted by Gasteiger charge is 2.32. The highest BCUT2D eigenvalue weighted by atomic mass is 32.2. The lowest BCUT2D eigenvalue weighted by Crippen LogP contribution is -2.39. The van der Waals surface area contributed by atoms with E-state index in [1.54, 1.807) is 18.2 Å². The second-order valence-corrected chi connectivity index (χ2v) is 13.0. The molecule has 1 unspecified atom stereocenters. The summed E-state index contributed by atoms with van der Waals surface area (Å²) in [5.74, 6) is -0.00733. The molecule has 1 fully saturated rings. The third kappa shape index (κ3) is 5.57. The number of carbonyl (C=O) groups is 2. The molecule has 0 bridgehead atoms. The van der Waals surface area contributed by atoms with Crippen molar-refractivity contribution in [3.8, 4) is 0 Å². The second-order valence-electron chi connectivity index (χ2n) is 9.62. The van der Waals surface area contributed by atoms with Crippen molar-refractivity contribution < 1.29 is 18.0 Å². The first-order chi connectivity index (χ1) is 16.6. The third-order valence-corrected chi connectivity index (χ3v) is 9.94. The summed E-state index contributed by atoms with van der Waals surface area (Å²) >= 11 is 1.53. The number of benzene rings is 2. The summed E-state index contributed by atoms with van der Waals surface area (Å²) in [6.45, 7) is 8.82. The molecule has 2 aliphatic rings. The molecule has 2 aliphatic heterocycles. The Morgan fingerprint density at radius 1 is 1.11 bits per heavy atom. The van der Waals surface area contributed by atoms with E-state index in [0.29, 0.717) is 30.4 Å². The van der Waals surface area contributed by atoms with Gasteiger partial charge in [-0.1, -0.05) is 26.0 Å². The number of carbonyl (C=O) groups excluding carboxylic acids is 2. The molecule has 0 spiro atoms. The molecule has 0 aliphatic carbocycles. The van der Waals surface area contributed by atoms with Gasteiger partial charge < -0.3 is 10.2 Å². The van der Waals surface area contributed by atoms with Gasteiger partial charge in [0.1, 0.15) is 6.54 Å². The zero-order valence-corrected chi connectivity index (χ0v) is 22.3. The van der Waals surface area contributed by atoms with Gasteiger partial charge in [0.25, 0.3) is 0 Å². The molecule has 0 aromatic heterocycles. The van der Waals surface area contributed by atoms with E-state index >= 15 is 0 Å². The summed E-state index contributed by atoms with van der Waals surface area (Å²) in [6.07, 6.45) is 1.93. The summed E-state index contributed by atoms with van der Waals surface area (Å²) in [7, 11) is -3.69. The average molecular weight is 516 g/mol. The number of sulfonamides is 1. The third-order valence-electron chi connectivity index (χ3n) is 6.87. The van der Waals surface area contributed by atoms with E-state index in [-0.39, 0.29) is 34.9 Å². The van der Waals surface area contributed by atoms with E-state index in [1.165, 1.54) is 21.0 Å². The number of nitrogens with zero attached hydrogens (tertiary/aromatic N) is 2. The van der Waals surface area contributed by atoms with Crippen LogP contribution in [-0.4, -0.2) is 49.4 Å². The summed E-state index contributed by atoms with van der Waals surface area (Å²) in [6, 6.07) is 10.6. The fraction of sp³-hybridized carbons (Fsp3) is 0.462. The van der Waals surface area contributed by atoms with Crippen LogP contribution < -0.4 is 10.2 Å². The molecule has 2 heterocycles. The van der Waals surface area contributed by atoms with Gasteiger partial charge in [0, 0.05) is 35.3 Å². The fourth-order valence-electron chi connectivity index (χ4n) is 4.48. The van der Waals surface area contributed by atoms with Crippen LogP contribution in [0.1, 0.15) is 44.2 Å². The van der Waals surface area contributed by atoms with Crippen molar-refractivity contribution in [3.05, 3.63) is 47.5 Å². The monoisotopic (exact) mass is 515 g/mol. The van der Waals surface area contributed by atoms with Gasteiger partial charge in [-0.25, -0.2) is 8.42 Å². The van der Waals surface area contributed by atoms with Crippen LogP contribution in [0.25, 0.3) is 0 Å². The van der Waals surface area contributed by atoms with Gasteiger partial charge in [0.2, 0.25) is 21.8 Å². The van der Waals surface area contributed by atoms with E-state index in [1.807, 2.05) is 39.0 Å². The summed E-state index contributed by atoms with van der Waals surface area (Å²) in [5.41, 5.74) is 3.21. The van der Waals surface area contributed by atoms with Crippen molar-refractivity contribution in [3.63, 3.8) is 0 Å². The van der Waals surface area contributed by atoms with Crippen molar-refractivity contribution >= 4 is 45.0 Å². The van der Waals surface area contributed by atoms with Crippen LogP contribution in [0.4, 0.5) is 11.4 Å². The Morgan fingerprint density at radius 2 is 1.83 bits per heavy atom. The highest BCUT2D eigenvalue weighted by Crippen LogP contribution is 2.40. The first kappa shape index (κ1) is 25.7. The van der Waals surface area contributed by atoms with Gasteiger partial charge in [-0.2, -0.15) is 4.31 Å². The molecule has 0 radical (unpaired) electrons. The minimum absolute atomic E-state index is 0.0133. The zero-order chi connectivity index (χ0) is 25.3. The Morgan fingerprint density at radius 3 is 2.54 bits per heavy atom. The van der Waals surface area contributed by atoms with Crippen LogP contribution in [0.15, 0.2) is 46.2 Å². The molecule has 188 valence electrons. The quantitative estimate of drug-likeness (QED) is 0.630. The molecule has 1 saturated heterocycles. The largest absolute Gasteiger partial charge is 0.324 e. The SMILES string of the molecule is Cc1cccc(NC(=O)CN2C(=O)CC(C)Sc3ccc(S(=O)(=O)N4CCC(C)CC4)cc32)c1C. The normalized spacial score (nSPS) is 19.8. The van der Waals surface area contributed by atoms with E-state index in [2.05, 4.69) is 12.2 Å². The minimum atomic E-state index is -3.69. The molecular formula is C26H33N3O4S2. The number of anilines is 2. The van der Waals surface area contributed by atoms with Crippen molar-refractivity contribution in [2.45, 2.75) is 62.0 Å². The number of hydrogen-bond donors (Lipinski definition) is 1. The van der Waals surface area contributed by atoms with E-state index in [4.69, 9.17) is 0 Å². The van der Waals surface area contributed by atoms with Gasteiger partial charge in [-0.05, 0) is 68.0 Å². The number of nitrogens with one attached hydrogen (secondary N) is 1. The molecule has 1 N–H and O–H groups in total. The van der Waals surface area contributed by atoms with E-state index in [9.17, 15) is 18.0 Å². The average Bonchev–Trinajstić information content (AvgIpc) is 2.92. The number of thioether (sulfide) groups is 1. The van der Waals surface area contributed by atoms with Gasteiger partial charge in [0.05, 0.1) is 10.6 Å². The molecule has 9 heteroatoms. The lowest BCUT2D eigenvalue weighted by atomic mass is 10.0. The summed E-state index contributed by atoms with van der Waals surface area (Å²) in [5, 5.41) is 2.93. The summed E-state index contributed by atoms with van der Waals surface area (Å²) < 4.78 is 28.3. The molecule has 4 rings (SSSR count). The number of hydrogen-bond acceptors (Lipinski definition) is 5. The standard InChI is InChI=1S/C26H33N3O4S2/c1-17-10-12-28(13-11-17)35(32,33)21-8-9-24-23(15-21)29(26(31)14-19(3)34-24)16-25(30)27-22-7-5-6-18(2)20(22)4/h5-9,15,17,19H,10-14,16H2,1-4H3,(H,27,30). The Balaban J connectivity index is 1.64. The van der Waals surface area contributed by atoms with Crippen molar-refractivity contribution in [2.75, 3.05) is 29.9 Å². The van der Waals surface area contributed by atoms with Crippen molar-refractivity contribution in [2.24, 2.45) is 5.92 Å². The maximum absolute atomic E-state index is 13.4. The van der Waals surface area contributed by atoms with E-state index < -0.39 is 10.0 Å². The van der Waals surface area contributed by atoms with Crippen molar-refractivity contribution in [1.29, 1.82) is 0 Å². The maximum Gasteiger partial charge on any atom is 0.244 e. The predicted octanol–water partition coefficient (Wildman–Crippen LogP) is 4.58. The fourth-order valence-corrected chi connectivity index (χ4v) is 7.07. The van der Waals surface area contributed by atoms with Gasteiger partial charge in [-0.15, -0.1) is 11.8 Å². The Hall–Kier alpha value is -2.36. The van der Waals surface area contributed by atoms with Gasteiger partial charge in [0.15, 0.2) is 0 Å². The minimum Gasteiger partial charge on any atom is -0.324 e. The summed E-state index contributed by atoms with van der Waals surface area (Å²) in [4.78, 5) is 28.6. The van der Waals surface area contributed by atoms with Crippen LogP contribution in [0.2, 0.25) is 0 Å². The number of rotatable bonds is 5. The van der Waals surface area contributed by atoms with Gasteiger partial charge in [-0.3, -0.25) is 9.59 Å². The highest BCUT2D eigenvalue weighted by molar-refractivity contribution is 8.00. The Labute approximate surface area is 212 Å². The van der Waals surface area contributed by atoms with E-state index in [0.717, 1.165) is 28.9 Å². The topological polar surface area (TPSA) is 86.8 Å². The lowest BCUT2D eigenvalue weighted by Gasteiger charge is -2.30. The number of fused-ring (bicyclic) bond motifs is 1. The van der Waals surface area contributed by atoms with Crippen LogP contribution >= 0.6 is 11.8 Å². The van der Waals surface area contributed by atoms with Crippen LogP contribution in [-0.2, 0) is 19.6 Å². The molecule has 1 atom stereocenters. The number of piperidine rings is 1. The molecular weight excluding hydrogens is 482 g/mol. The van der Waals surface area contributed by atoms with Crippen molar-refractivity contribution in [1.82, 2.24) is 4.31 Å². The second kappa shape index (κ2) is 10.3.